The Kier molecular flexibility index (Phi) is 3.20. The van der Waals surface area contributed by atoms with Crippen molar-refractivity contribution in [2.75, 3.05) is 4.90 Å². The Morgan fingerprint density at radius 2 is 1.67 bits per heavy atom. The molecule has 0 fully saturated rings. The number of alkyl halides is 3. The van der Waals surface area contributed by atoms with Gasteiger partial charge in [0.15, 0.2) is 0 Å². The lowest BCUT2D eigenvalue weighted by Crippen LogP contribution is -2.25. The second-order valence-electron chi connectivity index (χ2n) is 5.03. The minimum absolute atomic E-state index is 0.411. The molecule has 0 bridgehead atoms. The van der Waals surface area contributed by atoms with Crippen molar-refractivity contribution >= 4 is 11.5 Å². The van der Waals surface area contributed by atoms with Crippen molar-refractivity contribution in [2.24, 2.45) is 0 Å². The quantitative estimate of drug-likeness (QED) is 0.879. The standard InChI is InChI=1S/C16H13F3N2/c17-16(18,19)13-7-5-11(6-8-13)10-21-14-4-2-1-3-12(14)9-15(21)20/h1-8,20H,9-10H2. The van der Waals surface area contributed by atoms with Crippen LogP contribution < -0.4 is 4.90 Å². The summed E-state index contributed by atoms with van der Waals surface area (Å²) in [6.07, 6.45) is -3.75. The van der Waals surface area contributed by atoms with Crippen LogP contribution in [0.4, 0.5) is 18.9 Å². The molecule has 0 atom stereocenters. The average Bonchev–Trinajstić information content (AvgIpc) is 2.75. The highest BCUT2D eigenvalue weighted by Gasteiger charge is 2.30. The molecule has 1 heterocycles. The van der Waals surface area contributed by atoms with Crippen LogP contribution in [0.1, 0.15) is 16.7 Å². The molecule has 2 aromatic carbocycles. The molecular formula is C16H13F3N2. The van der Waals surface area contributed by atoms with E-state index < -0.39 is 11.7 Å². The van der Waals surface area contributed by atoms with Crippen LogP contribution in [0.3, 0.4) is 0 Å². The first-order chi connectivity index (χ1) is 9.95. The SMILES string of the molecule is N=C1Cc2ccccc2N1Cc1ccc(C(F)(F)F)cc1. The number of rotatable bonds is 2. The number of nitrogens with one attached hydrogen (secondary N) is 1. The molecule has 0 unspecified atom stereocenters. The molecule has 5 heteroatoms. The topological polar surface area (TPSA) is 27.1 Å². The fraction of sp³-hybridized carbons (Fsp3) is 0.188. The van der Waals surface area contributed by atoms with Gasteiger partial charge in [0.25, 0.3) is 0 Å². The molecule has 2 nitrogen and oxygen atoms in total. The molecule has 1 aliphatic rings. The summed E-state index contributed by atoms with van der Waals surface area (Å²) in [7, 11) is 0. The molecule has 0 radical (unpaired) electrons. The van der Waals surface area contributed by atoms with Gasteiger partial charge in [-0.15, -0.1) is 0 Å². The predicted molar refractivity (Wildman–Crippen MR) is 75.5 cm³/mol. The molecule has 0 saturated carbocycles. The van der Waals surface area contributed by atoms with Crippen molar-refractivity contribution in [2.45, 2.75) is 19.1 Å². The number of hydrogen-bond acceptors (Lipinski definition) is 1. The van der Waals surface area contributed by atoms with Crippen LogP contribution in [0, 0.1) is 5.41 Å². The van der Waals surface area contributed by atoms with E-state index in [-0.39, 0.29) is 0 Å². The fourth-order valence-electron chi connectivity index (χ4n) is 2.51. The Morgan fingerprint density at radius 1 is 1.00 bits per heavy atom. The van der Waals surface area contributed by atoms with Gasteiger partial charge in [-0.1, -0.05) is 30.3 Å². The van der Waals surface area contributed by atoms with Crippen LogP contribution in [0.2, 0.25) is 0 Å². The predicted octanol–water partition coefficient (Wildman–Crippen LogP) is 4.25. The first-order valence-corrected chi connectivity index (χ1v) is 6.54. The number of hydrogen-bond donors (Lipinski definition) is 1. The highest BCUT2D eigenvalue weighted by Crippen LogP contribution is 2.32. The van der Waals surface area contributed by atoms with Gasteiger partial charge in [-0.25, -0.2) is 0 Å². The van der Waals surface area contributed by atoms with Gasteiger partial charge in [-0.2, -0.15) is 13.2 Å². The minimum Gasteiger partial charge on any atom is -0.325 e. The Bertz CT molecular complexity index is 675. The van der Waals surface area contributed by atoms with E-state index in [9.17, 15) is 13.2 Å². The summed E-state index contributed by atoms with van der Waals surface area (Å²) in [5, 5.41) is 8.03. The fourth-order valence-corrected chi connectivity index (χ4v) is 2.51. The lowest BCUT2D eigenvalue weighted by Gasteiger charge is -2.19. The van der Waals surface area contributed by atoms with Crippen LogP contribution in [0.5, 0.6) is 0 Å². The van der Waals surface area contributed by atoms with Crippen LogP contribution in [-0.4, -0.2) is 5.84 Å². The molecule has 0 amide bonds. The van der Waals surface area contributed by atoms with Crippen LogP contribution in [-0.2, 0) is 19.1 Å². The summed E-state index contributed by atoms with van der Waals surface area (Å²) in [6, 6.07) is 12.8. The van der Waals surface area contributed by atoms with Gasteiger partial charge in [0.1, 0.15) is 5.84 Å². The Labute approximate surface area is 120 Å². The molecule has 1 N–H and O–H groups in total. The highest BCUT2D eigenvalue weighted by molar-refractivity contribution is 6.03. The summed E-state index contributed by atoms with van der Waals surface area (Å²) in [4.78, 5) is 1.83. The third-order valence-electron chi connectivity index (χ3n) is 3.59. The zero-order valence-corrected chi connectivity index (χ0v) is 11.1. The van der Waals surface area contributed by atoms with E-state index in [0.717, 1.165) is 28.9 Å². The number of halogens is 3. The number of fused-ring (bicyclic) bond motifs is 1. The Hall–Kier alpha value is -2.30. The van der Waals surface area contributed by atoms with Gasteiger partial charge in [-0.05, 0) is 29.3 Å². The molecule has 0 saturated heterocycles. The summed E-state index contributed by atoms with van der Waals surface area (Å²) >= 11 is 0. The monoisotopic (exact) mass is 290 g/mol. The van der Waals surface area contributed by atoms with E-state index >= 15 is 0 Å². The summed E-state index contributed by atoms with van der Waals surface area (Å²) in [6.45, 7) is 0.411. The maximum atomic E-state index is 12.5. The Morgan fingerprint density at radius 3 is 2.33 bits per heavy atom. The molecular weight excluding hydrogens is 277 g/mol. The van der Waals surface area contributed by atoms with Crippen LogP contribution in [0.25, 0.3) is 0 Å². The Balaban J connectivity index is 1.83. The van der Waals surface area contributed by atoms with E-state index in [0.29, 0.717) is 18.8 Å². The maximum absolute atomic E-state index is 12.5. The van der Waals surface area contributed by atoms with Gasteiger partial charge < -0.3 is 4.90 Å². The lowest BCUT2D eigenvalue weighted by molar-refractivity contribution is -0.137. The van der Waals surface area contributed by atoms with Crippen LogP contribution in [0.15, 0.2) is 48.5 Å². The number of anilines is 1. The second-order valence-corrected chi connectivity index (χ2v) is 5.03. The number of nitrogens with zero attached hydrogens (tertiary/aromatic N) is 1. The van der Waals surface area contributed by atoms with Crippen LogP contribution >= 0.6 is 0 Å². The van der Waals surface area contributed by atoms with Crippen molar-refractivity contribution in [3.8, 4) is 0 Å². The first kappa shape index (κ1) is 13.7. The van der Waals surface area contributed by atoms with Gasteiger partial charge in [-0.3, -0.25) is 5.41 Å². The zero-order chi connectivity index (χ0) is 15.0. The third kappa shape index (κ3) is 2.63. The number of para-hydroxylation sites is 1. The third-order valence-corrected chi connectivity index (χ3v) is 3.59. The molecule has 2 aromatic rings. The highest BCUT2D eigenvalue weighted by atomic mass is 19.4. The lowest BCUT2D eigenvalue weighted by atomic mass is 10.1. The van der Waals surface area contributed by atoms with Crippen molar-refractivity contribution in [3.05, 3.63) is 65.2 Å². The second kappa shape index (κ2) is 4.91. The largest absolute Gasteiger partial charge is 0.416 e. The van der Waals surface area contributed by atoms with Crippen molar-refractivity contribution in [3.63, 3.8) is 0 Å². The summed E-state index contributed by atoms with van der Waals surface area (Å²) in [5.74, 6) is 0.469. The molecule has 0 aliphatic carbocycles. The van der Waals surface area contributed by atoms with Gasteiger partial charge in [0.05, 0.1) is 5.56 Å². The molecule has 0 spiro atoms. The van der Waals surface area contributed by atoms with Gasteiger partial charge in [0, 0.05) is 18.7 Å². The first-order valence-electron chi connectivity index (χ1n) is 6.54. The number of amidine groups is 1. The van der Waals surface area contributed by atoms with Crippen molar-refractivity contribution in [1.29, 1.82) is 5.41 Å². The van der Waals surface area contributed by atoms with Gasteiger partial charge in [0.2, 0.25) is 0 Å². The molecule has 1 aliphatic heterocycles. The smallest absolute Gasteiger partial charge is 0.325 e. The molecule has 21 heavy (non-hydrogen) atoms. The van der Waals surface area contributed by atoms with Crippen molar-refractivity contribution in [1.82, 2.24) is 0 Å². The minimum atomic E-state index is -4.31. The molecule has 108 valence electrons. The van der Waals surface area contributed by atoms with E-state index in [1.807, 2.05) is 29.2 Å². The maximum Gasteiger partial charge on any atom is 0.416 e. The van der Waals surface area contributed by atoms with E-state index in [1.165, 1.54) is 12.1 Å². The normalized spacial score (nSPS) is 14.4. The molecule has 0 aromatic heterocycles. The molecule has 3 rings (SSSR count). The zero-order valence-electron chi connectivity index (χ0n) is 11.1. The van der Waals surface area contributed by atoms with E-state index in [1.54, 1.807) is 0 Å². The summed E-state index contributed by atoms with van der Waals surface area (Å²) < 4.78 is 37.6. The van der Waals surface area contributed by atoms with E-state index in [2.05, 4.69) is 0 Å². The van der Waals surface area contributed by atoms with Crippen molar-refractivity contribution < 1.29 is 13.2 Å². The number of benzene rings is 2. The summed E-state index contributed by atoms with van der Waals surface area (Å²) in [5.41, 5.74) is 2.14. The average molecular weight is 290 g/mol. The van der Waals surface area contributed by atoms with Gasteiger partial charge >= 0.3 is 6.18 Å². The van der Waals surface area contributed by atoms with E-state index in [4.69, 9.17) is 5.41 Å².